The number of aromatic nitrogens is 3. The van der Waals surface area contributed by atoms with Gasteiger partial charge in [0.05, 0.1) is 18.4 Å². The third kappa shape index (κ3) is 5.55. The number of anilines is 2. The lowest BCUT2D eigenvalue weighted by Gasteiger charge is -2.18. The Hall–Kier alpha value is -3.24. The van der Waals surface area contributed by atoms with Gasteiger partial charge in [0.1, 0.15) is 5.75 Å². The lowest BCUT2D eigenvalue weighted by molar-refractivity contribution is -0.137. The van der Waals surface area contributed by atoms with Crippen LogP contribution in [0, 0.1) is 0 Å². The maximum Gasteiger partial charge on any atom is 0.416 e. The molecule has 0 amide bonds. The van der Waals surface area contributed by atoms with Crippen LogP contribution < -0.4 is 10.1 Å². The van der Waals surface area contributed by atoms with Crippen LogP contribution in [-0.2, 0) is 19.0 Å². The largest absolute Gasteiger partial charge is 0.496 e. The summed E-state index contributed by atoms with van der Waals surface area (Å²) in [5.74, 6) is 1.67. The highest BCUT2D eigenvalue weighted by atomic mass is 32.2. The van der Waals surface area contributed by atoms with E-state index in [9.17, 15) is 13.2 Å². The number of alkyl halides is 3. The second-order valence-electron chi connectivity index (χ2n) is 8.97. The molecule has 2 aromatic heterocycles. The van der Waals surface area contributed by atoms with E-state index in [1.165, 1.54) is 24.3 Å². The predicted octanol–water partition coefficient (Wildman–Crippen LogP) is 5.93. The second-order valence-corrected chi connectivity index (χ2v) is 9.96. The molecule has 37 heavy (non-hydrogen) atoms. The van der Waals surface area contributed by atoms with Gasteiger partial charge < -0.3 is 15.0 Å². The molecule has 4 aromatic rings. The summed E-state index contributed by atoms with van der Waals surface area (Å²) in [6.07, 6.45) is -0.283. The minimum Gasteiger partial charge on any atom is -0.496 e. The molecule has 0 bridgehead atoms. The Kier molecular flexibility index (Phi) is 7.30. The molecule has 0 fully saturated rings. The SMILES string of the molecule is COc1cc(C(F)(F)F)ccc1-c1cccc2nc(Nc3ccc4c(c3)CCN(CCSC)CC4)nn12. The van der Waals surface area contributed by atoms with Gasteiger partial charge in [-0.25, -0.2) is 4.52 Å². The van der Waals surface area contributed by atoms with Crippen LogP contribution >= 0.6 is 11.8 Å². The lowest BCUT2D eigenvalue weighted by Crippen LogP contribution is -2.28. The highest BCUT2D eigenvalue weighted by molar-refractivity contribution is 7.98. The molecule has 0 saturated carbocycles. The number of ether oxygens (including phenoxy) is 1. The molecule has 0 radical (unpaired) electrons. The van der Waals surface area contributed by atoms with Gasteiger partial charge in [-0.1, -0.05) is 12.1 Å². The first-order chi connectivity index (χ1) is 17.9. The van der Waals surface area contributed by atoms with Gasteiger partial charge >= 0.3 is 6.18 Å². The van der Waals surface area contributed by atoms with Crippen LogP contribution in [0.5, 0.6) is 5.75 Å². The Bertz CT molecular complexity index is 1400. The van der Waals surface area contributed by atoms with Crippen molar-refractivity contribution in [1.29, 1.82) is 0 Å². The third-order valence-electron chi connectivity index (χ3n) is 6.63. The number of halogens is 3. The van der Waals surface area contributed by atoms with Crippen LogP contribution in [0.3, 0.4) is 0 Å². The molecule has 0 atom stereocenters. The van der Waals surface area contributed by atoms with Gasteiger partial charge in [-0.2, -0.15) is 29.9 Å². The van der Waals surface area contributed by atoms with E-state index in [0.29, 0.717) is 22.9 Å². The second kappa shape index (κ2) is 10.6. The van der Waals surface area contributed by atoms with E-state index < -0.39 is 11.7 Å². The Balaban J connectivity index is 1.41. The van der Waals surface area contributed by atoms with E-state index in [4.69, 9.17) is 4.74 Å². The fourth-order valence-corrected chi connectivity index (χ4v) is 5.10. The number of methoxy groups -OCH3 is 1. The molecule has 1 aliphatic heterocycles. The van der Waals surface area contributed by atoms with Gasteiger partial charge in [-0.3, -0.25) is 0 Å². The van der Waals surface area contributed by atoms with Gasteiger partial charge in [-0.05, 0) is 72.7 Å². The Morgan fingerprint density at radius 2 is 1.84 bits per heavy atom. The van der Waals surface area contributed by atoms with Gasteiger partial charge in [0.15, 0.2) is 5.65 Å². The number of hydrogen-bond acceptors (Lipinski definition) is 6. The van der Waals surface area contributed by atoms with Gasteiger partial charge in [0, 0.05) is 36.6 Å². The van der Waals surface area contributed by atoms with Gasteiger partial charge in [-0.15, -0.1) is 5.10 Å². The summed E-state index contributed by atoms with van der Waals surface area (Å²) >= 11 is 1.87. The molecule has 1 N–H and O–H groups in total. The van der Waals surface area contributed by atoms with Crippen molar-refractivity contribution < 1.29 is 17.9 Å². The fourth-order valence-electron chi connectivity index (χ4n) is 4.66. The van der Waals surface area contributed by atoms with Gasteiger partial charge in [0.25, 0.3) is 0 Å². The van der Waals surface area contributed by atoms with E-state index in [1.54, 1.807) is 22.7 Å². The summed E-state index contributed by atoms with van der Waals surface area (Å²) in [5, 5.41) is 7.92. The van der Waals surface area contributed by atoms with Crippen LogP contribution in [-0.4, -0.2) is 58.3 Å². The maximum atomic E-state index is 13.2. The standard InChI is InChI=1S/C27H28F3N5OS/c1-36-24-17-20(27(28,29)30)7-9-22(24)23-4-3-5-25-32-26(33-35(23)25)31-21-8-6-18-10-12-34(14-15-37-2)13-11-19(18)16-21/h3-9,16-17H,10-15H2,1-2H3,(H,31,33). The minimum absolute atomic E-state index is 0.115. The molecule has 10 heteroatoms. The van der Waals surface area contributed by atoms with E-state index in [0.717, 1.165) is 56.0 Å². The zero-order chi connectivity index (χ0) is 26.0. The number of benzene rings is 2. The first kappa shape index (κ1) is 25.4. The summed E-state index contributed by atoms with van der Waals surface area (Å²) in [5.41, 5.74) is 4.48. The number of pyridine rings is 1. The van der Waals surface area contributed by atoms with Crippen molar-refractivity contribution in [3.05, 3.63) is 71.3 Å². The predicted molar refractivity (Wildman–Crippen MR) is 142 cm³/mol. The van der Waals surface area contributed by atoms with Crippen molar-refractivity contribution in [3.63, 3.8) is 0 Å². The molecular weight excluding hydrogens is 499 g/mol. The van der Waals surface area contributed by atoms with Gasteiger partial charge in [0.2, 0.25) is 5.95 Å². The first-order valence-corrected chi connectivity index (χ1v) is 13.5. The maximum absolute atomic E-state index is 13.2. The first-order valence-electron chi connectivity index (χ1n) is 12.1. The summed E-state index contributed by atoms with van der Waals surface area (Å²) in [6.45, 7) is 3.23. The summed E-state index contributed by atoms with van der Waals surface area (Å²) in [6, 6.07) is 15.2. The Morgan fingerprint density at radius 1 is 1.03 bits per heavy atom. The number of rotatable bonds is 7. The number of nitrogens with zero attached hydrogens (tertiary/aromatic N) is 4. The zero-order valence-corrected chi connectivity index (χ0v) is 21.5. The summed E-state index contributed by atoms with van der Waals surface area (Å²) in [7, 11) is 1.35. The van der Waals surface area contributed by atoms with Crippen molar-refractivity contribution in [2.45, 2.75) is 19.0 Å². The Labute approximate surface area is 217 Å². The highest BCUT2D eigenvalue weighted by Crippen LogP contribution is 2.37. The van der Waals surface area contributed by atoms with Crippen molar-refractivity contribution in [2.24, 2.45) is 0 Å². The molecule has 0 aliphatic carbocycles. The van der Waals surface area contributed by atoms with E-state index in [-0.39, 0.29) is 5.75 Å². The van der Waals surface area contributed by atoms with Crippen molar-refractivity contribution in [3.8, 4) is 17.0 Å². The number of nitrogens with one attached hydrogen (secondary N) is 1. The quantitative estimate of drug-likeness (QED) is 0.322. The lowest BCUT2D eigenvalue weighted by atomic mass is 10.0. The van der Waals surface area contributed by atoms with Crippen molar-refractivity contribution in [1.82, 2.24) is 19.5 Å². The molecule has 0 saturated heterocycles. The van der Waals surface area contributed by atoms with E-state index in [1.807, 2.05) is 17.8 Å². The number of hydrogen-bond donors (Lipinski definition) is 1. The zero-order valence-electron chi connectivity index (χ0n) is 20.7. The molecule has 6 nitrogen and oxygen atoms in total. The highest BCUT2D eigenvalue weighted by Gasteiger charge is 2.31. The normalized spacial score (nSPS) is 14.4. The monoisotopic (exact) mass is 527 g/mol. The Morgan fingerprint density at radius 3 is 2.59 bits per heavy atom. The van der Waals surface area contributed by atoms with Crippen LogP contribution in [0.1, 0.15) is 16.7 Å². The molecule has 3 heterocycles. The number of fused-ring (bicyclic) bond motifs is 2. The molecule has 0 spiro atoms. The van der Waals surface area contributed by atoms with E-state index in [2.05, 4.69) is 38.7 Å². The van der Waals surface area contributed by atoms with Crippen LogP contribution in [0.15, 0.2) is 54.6 Å². The number of thioether (sulfide) groups is 1. The molecule has 194 valence electrons. The van der Waals surface area contributed by atoms with Crippen molar-refractivity contribution >= 4 is 29.0 Å². The minimum atomic E-state index is -4.46. The third-order valence-corrected chi connectivity index (χ3v) is 7.22. The smallest absolute Gasteiger partial charge is 0.416 e. The topological polar surface area (TPSA) is 54.7 Å². The molecule has 0 unspecified atom stereocenters. The molecular formula is C27H28F3N5OS. The summed E-state index contributed by atoms with van der Waals surface area (Å²) < 4.78 is 46.5. The van der Waals surface area contributed by atoms with Crippen molar-refractivity contribution in [2.75, 3.05) is 44.1 Å². The summed E-state index contributed by atoms with van der Waals surface area (Å²) in [4.78, 5) is 7.11. The molecule has 1 aliphatic rings. The van der Waals surface area contributed by atoms with E-state index >= 15 is 0 Å². The average molecular weight is 528 g/mol. The van der Waals surface area contributed by atoms with Crippen LogP contribution in [0.2, 0.25) is 0 Å². The van der Waals surface area contributed by atoms with Crippen LogP contribution in [0.25, 0.3) is 16.9 Å². The van der Waals surface area contributed by atoms with Crippen LogP contribution in [0.4, 0.5) is 24.8 Å². The fraction of sp³-hybridized carbons (Fsp3) is 0.333. The molecule has 2 aromatic carbocycles. The average Bonchev–Trinajstić information content (AvgIpc) is 3.19. The molecule has 5 rings (SSSR count).